The molecule has 1 fully saturated rings. The topological polar surface area (TPSA) is 46.2 Å². The Morgan fingerprint density at radius 1 is 1.16 bits per heavy atom. The first-order chi connectivity index (χ1) is 8.99. The Balaban J connectivity index is 2.04. The highest BCUT2D eigenvalue weighted by atomic mass is 79.9. The molecule has 0 radical (unpaired) electrons. The fourth-order valence-corrected chi connectivity index (χ4v) is 4.58. The third kappa shape index (κ3) is 4.04. The average Bonchev–Trinajstić information content (AvgIpc) is 2.40. The van der Waals surface area contributed by atoms with Gasteiger partial charge in [0.05, 0.1) is 5.25 Å². The lowest BCUT2D eigenvalue weighted by atomic mass is 10.0. The van der Waals surface area contributed by atoms with E-state index in [0.717, 1.165) is 42.1 Å². The largest absolute Gasteiger partial charge is 0.215 e. The Hall–Kier alpha value is -0.390. The highest BCUT2D eigenvalue weighted by molar-refractivity contribution is 9.10. The molecular formula is C14H20BrNO2S. The first-order valence-corrected chi connectivity index (χ1v) is 9.09. The molecule has 0 saturated heterocycles. The highest BCUT2D eigenvalue weighted by Gasteiger charge is 2.28. The number of hydrogen-bond acceptors (Lipinski definition) is 2. The van der Waals surface area contributed by atoms with Gasteiger partial charge in [-0.25, -0.2) is 13.1 Å². The van der Waals surface area contributed by atoms with E-state index in [2.05, 4.69) is 20.7 Å². The summed E-state index contributed by atoms with van der Waals surface area (Å²) in [6.45, 7) is 1.89. The Morgan fingerprint density at radius 2 is 1.74 bits per heavy atom. The van der Waals surface area contributed by atoms with Gasteiger partial charge in [0.15, 0.2) is 0 Å². The van der Waals surface area contributed by atoms with Crippen LogP contribution in [0.4, 0.5) is 0 Å². The molecule has 0 bridgehead atoms. The zero-order chi connectivity index (χ0) is 13.9. The molecule has 1 aliphatic carbocycles. The summed E-state index contributed by atoms with van der Waals surface area (Å²) in [4.78, 5) is 0. The quantitative estimate of drug-likeness (QED) is 0.902. The van der Waals surface area contributed by atoms with Gasteiger partial charge in [0.1, 0.15) is 0 Å². The van der Waals surface area contributed by atoms with Crippen molar-refractivity contribution in [2.75, 3.05) is 0 Å². The summed E-state index contributed by atoms with van der Waals surface area (Å²) in [5.74, 6) is 0. The summed E-state index contributed by atoms with van der Waals surface area (Å²) in [5, 5.41) is -0.209. The Labute approximate surface area is 124 Å². The number of nitrogens with one attached hydrogen (secondary N) is 1. The second kappa shape index (κ2) is 6.37. The van der Waals surface area contributed by atoms with Gasteiger partial charge in [0.2, 0.25) is 10.0 Å². The van der Waals surface area contributed by atoms with Crippen molar-refractivity contribution < 1.29 is 8.42 Å². The van der Waals surface area contributed by atoms with Crippen LogP contribution in [0.5, 0.6) is 0 Å². The maximum atomic E-state index is 12.3. The van der Waals surface area contributed by atoms with Gasteiger partial charge in [0, 0.05) is 10.5 Å². The summed E-state index contributed by atoms with van der Waals surface area (Å²) in [5.41, 5.74) is 0.989. The van der Waals surface area contributed by atoms with Crippen molar-refractivity contribution in [3.8, 4) is 0 Å². The van der Waals surface area contributed by atoms with E-state index < -0.39 is 10.0 Å². The molecule has 1 aromatic carbocycles. The van der Waals surface area contributed by atoms with Crippen LogP contribution in [-0.2, 0) is 10.0 Å². The SMILES string of the molecule is C[C@@H](NS(=O)(=O)C1CCCCC1)c1ccc(Br)cc1. The molecular weight excluding hydrogens is 326 g/mol. The van der Waals surface area contributed by atoms with Gasteiger partial charge in [-0.3, -0.25) is 0 Å². The fourth-order valence-electron chi connectivity index (χ4n) is 2.54. The number of rotatable bonds is 4. The van der Waals surface area contributed by atoms with E-state index in [-0.39, 0.29) is 11.3 Å². The van der Waals surface area contributed by atoms with E-state index in [4.69, 9.17) is 0 Å². The van der Waals surface area contributed by atoms with Crippen LogP contribution in [0.3, 0.4) is 0 Å². The zero-order valence-electron chi connectivity index (χ0n) is 11.1. The highest BCUT2D eigenvalue weighted by Crippen LogP contribution is 2.25. The molecule has 5 heteroatoms. The minimum absolute atomic E-state index is 0.181. The van der Waals surface area contributed by atoms with Crippen molar-refractivity contribution in [3.05, 3.63) is 34.3 Å². The Kier molecular flexibility index (Phi) is 5.03. The van der Waals surface area contributed by atoms with Gasteiger partial charge < -0.3 is 0 Å². The van der Waals surface area contributed by atoms with Crippen LogP contribution in [0.1, 0.15) is 50.6 Å². The van der Waals surface area contributed by atoms with Crippen molar-refractivity contribution in [2.45, 2.75) is 50.3 Å². The number of benzene rings is 1. The van der Waals surface area contributed by atoms with E-state index in [9.17, 15) is 8.42 Å². The number of halogens is 1. The third-order valence-corrected chi connectivity index (χ3v) is 6.26. The van der Waals surface area contributed by atoms with Crippen LogP contribution in [0, 0.1) is 0 Å². The molecule has 0 aromatic heterocycles. The second-order valence-electron chi connectivity index (χ2n) is 5.20. The monoisotopic (exact) mass is 345 g/mol. The summed E-state index contributed by atoms with van der Waals surface area (Å²) >= 11 is 3.38. The Morgan fingerprint density at radius 3 is 2.32 bits per heavy atom. The van der Waals surface area contributed by atoms with Gasteiger partial charge in [-0.05, 0) is 37.5 Å². The standard InChI is InChI=1S/C14H20BrNO2S/c1-11(12-7-9-13(15)10-8-12)16-19(17,18)14-5-3-2-4-6-14/h7-11,14,16H,2-6H2,1H3/t11-/m1/s1. The molecule has 19 heavy (non-hydrogen) atoms. The lowest BCUT2D eigenvalue weighted by Crippen LogP contribution is -2.37. The van der Waals surface area contributed by atoms with Crippen molar-refractivity contribution in [1.82, 2.24) is 4.72 Å². The van der Waals surface area contributed by atoms with Crippen LogP contribution in [0.2, 0.25) is 0 Å². The van der Waals surface area contributed by atoms with Crippen LogP contribution < -0.4 is 4.72 Å². The molecule has 0 unspecified atom stereocenters. The predicted molar refractivity (Wildman–Crippen MR) is 81.5 cm³/mol. The predicted octanol–water partition coefficient (Wildman–Crippen LogP) is 3.76. The van der Waals surface area contributed by atoms with E-state index in [1.807, 2.05) is 31.2 Å². The Bertz CT molecular complexity index is 507. The lowest BCUT2D eigenvalue weighted by molar-refractivity contribution is 0.473. The van der Waals surface area contributed by atoms with Crippen molar-refractivity contribution in [3.63, 3.8) is 0 Å². The number of hydrogen-bond donors (Lipinski definition) is 1. The van der Waals surface area contributed by atoms with Crippen LogP contribution in [-0.4, -0.2) is 13.7 Å². The fraction of sp³-hybridized carbons (Fsp3) is 0.571. The molecule has 0 spiro atoms. The smallest absolute Gasteiger partial charge is 0.212 e. The third-order valence-electron chi connectivity index (χ3n) is 3.70. The normalized spacial score (nSPS) is 19.3. The minimum atomic E-state index is -3.20. The van der Waals surface area contributed by atoms with E-state index in [1.165, 1.54) is 0 Å². The minimum Gasteiger partial charge on any atom is -0.212 e. The molecule has 1 atom stereocenters. The molecule has 1 saturated carbocycles. The van der Waals surface area contributed by atoms with E-state index in [1.54, 1.807) is 0 Å². The van der Waals surface area contributed by atoms with Crippen molar-refractivity contribution in [2.24, 2.45) is 0 Å². The summed E-state index contributed by atoms with van der Waals surface area (Å²) in [6.07, 6.45) is 4.80. The van der Waals surface area contributed by atoms with Gasteiger partial charge >= 0.3 is 0 Å². The van der Waals surface area contributed by atoms with Gasteiger partial charge in [-0.2, -0.15) is 0 Å². The lowest BCUT2D eigenvalue weighted by Gasteiger charge is -2.24. The molecule has 0 heterocycles. The summed E-state index contributed by atoms with van der Waals surface area (Å²) in [7, 11) is -3.20. The molecule has 3 nitrogen and oxygen atoms in total. The van der Waals surface area contributed by atoms with Crippen molar-refractivity contribution >= 4 is 26.0 Å². The molecule has 0 amide bonds. The molecule has 2 rings (SSSR count). The molecule has 1 aromatic rings. The molecule has 1 N–H and O–H groups in total. The maximum absolute atomic E-state index is 12.3. The number of sulfonamides is 1. The van der Waals surface area contributed by atoms with Crippen LogP contribution in [0.15, 0.2) is 28.7 Å². The van der Waals surface area contributed by atoms with E-state index >= 15 is 0 Å². The summed E-state index contributed by atoms with van der Waals surface area (Å²) < 4.78 is 28.4. The van der Waals surface area contributed by atoms with Crippen LogP contribution in [0.25, 0.3) is 0 Å². The molecule has 106 valence electrons. The first-order valence-electron chi connectivity index (χ1n) is 6.75. The van der Waals surface area contributed by atoms with Gasteiger partial charge in [-0.15, -0.1) is 0 Å². The molecule has 1 aliphatic rings. The zero-order valence-corrected chi connectivity index (χ0v) is 13.5. The summed E-state index contributed by atoms with van der Waals surface area (Å²) in [6, 6.07) is 7.57. The average molecular weight is 346 g/mol. The molecule has 0 aliphatic heterocycles. The maximum Gasteiger partial charge on any atom is 0.215 e. The van der Waals surface area contributed by atoms with Gasteiger partial charge in [-0.1, -0.05) is 47.3 Å². The van der Waals surface area contributed by atoms with E-state index in [0.29, 0.717) is 0 Å². The van der Waals surface area contributed by atoms with Gasteiger partial charge in [0.25, 0.3) is 0 Å². The first kappa shape index (κ1) is 15.0. The van der Waals surface area contributed by atoms with Crippen LogP contribution >= 0.6 is 15.9 Å². The van der Waals surface area contributed by atoms with Crippen molar-refractivity contribution in [1.29, 1.82) is 0 Å². The second-order valence-corrected chi connectivity index (χ2v) is 8.10.